The Bertz CT molecular complexity index is 688. The molecule has 0 aliphatic carbocycles. The standard InChI is InChI=1S/C13H17N3O3/c1-14-6-3-7-16-12(17)10-8-9(19-2)4-5-11(10)15-13(16)18/h4-5,8,14H,3,6-7H2,1-2H3,(H,15,18). The number of hydrogen-bond donors (Lipinski definition) is 2. The Balaban J connectivity index is 2.52. The van der Waals surface area contributed by atoms with E-state index in [2.05, 4.69) is 10.3 Å². The molecule has 0 saturated heterocycles. The lowest BCUT2D eigenvalue weighted by molar-refractivity contribution is 0.415. The second-order valence-corrected chi connectivity index (χ2v) is 4.26. The van der Waals surface area contributed by atoms with E-state index in [1.807, 2.05) is 7.05 Å². The highest BCUT2D eigenvalue weighted by atomic mass is 16.5. The molecule has 1 aromatic heterocycles. The molecule has 6 nitrogen and oxygen atoms in total. The second-order valence-electron chi connectivity index (χ2n) is 4.26. The number of aromatic nitrogens is 2. The molecule has 0 radical (unpaired) electrons. The van der Waals surface area contributed by atoms with Gasteiger partial charge in [-0.1, -0.05) is 0 Å². The molecule has 1 aromatic carbocycles. The van der Waals surface area contributed by atoms with Crippen molar-refractivity contribution < 1.29 is 4.74 Å². The summed E-state index contributed by atoms with van der Waals surface area (Å²) in [6, 6.07) is 5.03. The Morgan fingerprint density at radius 3 is 2.84 bits per heavy atom. The van der Waals surface area contributed by atoms with Crippen molar-refractivity contribution in [2.24, 2.45) is 0 Å². The molecule has 0 saturated carbocycles. The minimum absolute atomic E-state index is 0.284. The van der Waals surface area contributed by atoms with Gasteiger partial charge in [0.05, 0.1) is 18.0 Å². The van der Waals surface area contributed by atoms with Crippen LogP contribution in [0.1, 0.15) is 6.42 Å². The molecular weight excluding hydrogens is 246 g/mol. The van der Waals surface area contributed by atoms with Gasteiger partial charge in [-0.05, 0) is 38.2 Å². The molecule has 0 aliphatic heterocycles. The van der Waals surface area contributed by atoms with Crippen molar-refractivity contribution in [1.29, 1.82) is 0 Å². The number of ether oxygens (including phenoxy) is 1. The average Bonchev–Trinajstić information content (AvgIpc) is 2.42. The van der Waals surface area contributed by atoms with Gasteiger partial charge in [-0.25, -0.2) is 4.79 Å². The minimum Gasteiger partial charge on any atom is -0.497 e. The fourth-order valence-corrected chi connectivity index (χ4v) is 1.97. The Hall–Kier alpha value is -2.08. The summed E-state index contributed by atoms with van der Waals surface area (Å²) in [5, 5.41) is 3.45. The van der Waals surface area contributed by atoms with E-state index in [-0.39, 0.29) is 11.2 Å². The second kappa shape index (κ2) is 5.71. The van der Waals surface area contributed by atoms with Crippen molar-refractivity contribution >= 4 is 10.9 Å². The van der Waals surface area contributed by atoms with Gasteiger partial charge in [0.1, 0.15) is 5.75 Å². The van der Waals surface area contributed by atoms with E-state index in [1.54, 1.807) is 18.2 Å². The van der Waals surface area contributed by atoms with Gasteiger partial charge in [0.25, 0.3) is 5.56 Å². The van der Waals surface area contributed by atoms with Gasteiger partial charge in [-0.15, -0.1) is 0 Å². The van der Waals surface area contributed by atoms with Gasteiger partial charge in [-0.3, -0.25) is 9.36 Å². The number of benzene rings is 1. The number of H-pyrrole nitrogens is 1. The molecular formula is C13H17N3O3. The molecule has 2 aromatic rings. The normalized spacial score (nSPS) is 10.8. The zero-order valence-corrected chi connectivity index (χ0v) is 11.0. The monoisotopic (exact) mass is 263 g/mol. The first-order chi connectivity index (χ1) is 9.17. The van der Waals surface area contributed by atoms with Crippen LogP contribution < -0.4 is 21.3 Å². The van der Waals surface area contributed by atoms with Crippen molar-refractivity contribution in [1.82, 2.24) is 14.9 Å². The molecule has 2 N–H and O–H groups in total. The molecule has 0 spiro atoms. The van der Waals surface area contributed by atoms with Crippen LogP contribution in [0.2, 0.25) is 0 Å². The van der Waals surface area contributed by atoms with Gasteiger partial charge in [0.15, 0.2) is 0 Å². The molecule has 1 heterocycles. The molecule has 6 heteroatoms. The van der Waals surface area contributed by atoms with E-state index in [4.69, 9.17) is 4.74 Å². The van der Waals surface area contributed by atoms with Gasteiger partial charge >= 0.3 is 5.69 Å². The van der Waals surface area contributed by atoms with Crippen molar-refractivity contribution in [2.45, 2.75) is 13.0 Å². The summed E-state index contributed by atoms with van der Waals surface area (Å²) in [6.45, 7) is 1.14. The Kier molecular flexibility index (Phi) is 4.01. The van der Waals surface area contributed by atoms with E-state index >= 15 is 0 Å². The fraction of sp³-hybridized carbons (Fsp3) is 0.385. The van der Waals surface area contributed by atoms with Crippen molar-refractivity contribution in [2.75, 3.05) is 20.7 Å². The lowest BCUT2D eigenvalue weighted by Gasteiger charge is -2.07. The third kappa shape index (κ3) is 2.68. The predicted molar refractivity (Wildman–Crippen MR) is 73.9 cm³/mol. The maximum atomic E-state index is 12.3. The molecule has 19 heavy (non-hydrogen) atoms. The first kappa shape index (κ1) is 13.4. The fourth-order valence-electron chi connectivity index (χ4n) is 1.97. The van der Waals surface area contributed by atoms with Gasteiger partial charge in [0.2, 0.25) is 0 Å². The number of rotatable bonds is 5. The largest absolute Gasteiger partial charge is 0.497 e. The highest BCUT2D eigenvalue weighted by molar-refractivity contribution is 5.78. The molecule has 0 unspecified atom stereocenters. The number of nitrogens with one attached hydrogen (secondary N) is 2. The average molecular weight is 263 g/mol. The first-order valence-electron chi connectivity index (χ1n) is 6.13. The summed E-state index contributed by atoms with van der Waals surface area (Å²) in [7, 11) is 3.37. The molecule has 0 fully saturated rings. The first-order valence-corrected chi connectivity index (χ1v) is 6.13. The lowest BCUT2D eigenvalue weighted by Crippen LogP contribution is -2.35. The van der Waals surface area contributed by atoms with Gasteiger partial charge in [-0.2, -0.15) is 0 Å². The zero-order chi connectivity index (χ0) is 13.8. The Morgan fingerprint density at radius 1 is 1.37 bits per heavy atom. The van der Waals surface area contributed by atoms with Crippen LogP contribution in [0.25, 0.3) is 10.9 Å². The quantitative estimate of drug-likeness (QED) is 0.761. The zero-order valence-electron chi connectivity index (χ0n) is 11.0. The number of fused-ring (bicyclic) bond motifs is 1. The number of hydrogen-bond acceptors (Lipinski definition) is 4. The maximum absolute atomic E-state index is 12.3. The molecule has 0 amide bonds. The van der Waals surface area contributed by atoms with Crippen LogP contribution in [0.15, 0.2) is 27.8 Å². The van der Waals surface area contributed by atoms with Gasteiger partial charge in [0, 0.05) is 6.54 Å². The van der Waals surface area contributed by atoms with E-state index in [0.717, 1.165) is 13.0 Å². The van der Waals surface area contributed by atoms with Crippen LogP contribution >= 0.6 is 0 Å². The van der Waals surface area contributed by atoms with E-state index in [1.165, 1.54) is 11.7 Å². The molecule has 102 valence electrons. The van der Waals surface area contributed by atoms with Crippen molar-refractivity contribution in [3.63, 3.8) is 0 Å². The summed E-state index contributed by atoms with van der Waals surface area (Å²) >= 11 is 0. The van der Waals surface area contributed by atoms with Crippen LogP contribution in [0.5, 0.6) is 5.75 Å². The van der Waals surface area contributed by atoms with Crippen LogP contribution in [0.3, 0.4) is 0 Å². The number of methoxy groups -OCH3 is 1. The topological polar surface area (TPSA) is 76.1 Å². The van der Waals surface area contributed by atoms with Crippen LogP contribution in [-0.4, -0.2) is 30.3 Å². The molecule has 0 bridgehead atoms. The maximum Gasteiger partial charge on any atom is 0.328 e. The molecule has 0 aliphatic rings. The predicted octanol–water partition coefficient (Wildman–Crippen LogP) is 0.308. The minimum atomic E-state index is -0.376. The summed E-state index contributed by atoms with van der Waals surface area (Å²) in [5.41, 5.74) is -0.131. The van der Waals surface area contributed by atoms with E-state index in [9.17, 15) is 9.59 Å². The van der Waals surface area contributed by atoms with Gasteiger partial charge < -0.3 is 15.0 Å². The number of aromatic amines is 1. The Morgan fingerprint density at radius 2 is 2.16 bits per heavy atom. The smallest absolute Gasteiger partial charge is 0.328 e. The van der Waals surface area contributed by atoms with Crippen LogP contribution in [0, 0.1) is 0 Å². The Labute approximate surface area is 110 Å². The lowest BCUT2D eigenvalue weighted by atomic mass is 10.2. The van der Waals surface area contributed by atoms with Crippen molar-refractivity contribution in [3.05, 3.63) is 39.0 Å². The molecule has 2 rings (SSSR count). The third-order valence-corrected chi connectivity index (χ3v) is 3.00. The van der Waals surface area contributed by atoms with Crippen LogP contribution in [0.4, 0.5) is 0 Å². The summed E-state index contributed by atoms with van der Waals surface area (Å²) < 4.78 is 6.32. The molecule has 0 atom stereocenters. The highest BCUT2D eigenvalue weighted by Crippen LogP contribution is 2.15. The SMILES string of the molecule is CNCCCn1c(=O)[nH]c2ccc(OC)cc2c1=O. The van der Waals surface area contributed by atoms with E-state index < -0.39 is 0 Å². The summed E-state index contributed by atoms with van der Waals surface area (Å²) in [4.78, 5) is 26.8. The third-order valence-electron chi connectivity index (χ3n) is 3.00. The van der Waals surface area contributed by atoms with E-state index in [0.29, 0.717) is 23.2 Å². The van der Waals surface area contributed by atoms with Crippen molar-refractivity contribution in [3.8, 4) is 5.75 Å². The highest BCUT2D eigenvalue weighted by Gasteiger charge is 2.08. The summed E-state index contributed by atoms with van der Waals surface area (Å²) in [6.07, 6.45) is 0.717. The van der Waals surface area contributed by atoms with Crippen LogP contribution in [-0.2, 0) is 6.54 Å². The summed E-state index contributed by atoms with van der Waals surface area (Å²) in [5.74, 6) is 0.596. The number of nitrogens with zero attached hydrogens (tertiary/aromatic N) is 1.